The number of aromatic nitrogens is 2. The van der Waals surface area contributed by atoms with E-state index in [1.165, 1.54) is 0 Å². The van der Waals surface area contributed by atoms with E-state index in [9.17, 15) is 9.59 Å². The topological polar surface area (TPSA) is 131 Å². The number of piperazine rings is 1. The Kier molecular flexibility index (Phi) is 6.18. The van der Waals surface area contributed by atoms with Crippen molar-refractivity contribution in [2.75, 3.05) is 29.9 Å². The number of nitrogens with two attached hydrogens (primary N) is 1. The van der Waals surface area contributed by atoms with Crippen LogP contribution in [0.25, 0.3) is 0 Å². The first kappa shape index (κ1) is 21.5. The van der Waals surface area contributed by atoms with E-state index in [4.69, 9.17) is 11.1 Å². The molecule has 0 radical (unpaired) electrons. The molecule has 10 nitrogen and oxygen atoms in total. The Morgan fingerprint density at radius 2 is 1.91 bits per heavy atom. The van der Waals surface area contributed by atoms with Crippen molar-refractivity contribution in [1.82, 2.24) is 19.9 Å². The summed E-state index contributed by atoms with van der Waals surface area (Å²) >= 11 is 0. The van der Waals surface area contributed by atoms with E-state index in [0.717, 1.165) is 29.4 Å². The molecule has 4 rings (SSSR count). The summed E-state index contributed by atoms with van der Waals surface area (Å²) in [5.74, 6) is 6.59. The Morgan fingerprint density at radius 3 is 2.53 bits per heavy atom. The summed E-state index contributed by atoms with van der Waals surface area (Å²) in [7, 11) is 0. The first-order chi connectivity index (χ1) is 15.5. The maximum absolute atomic E-state index is 12.3. The van der Waals surface area contributed by atoms with Crippen molar-refractivity contribution < 1.29 is 9.59 Å². The largest absolute Gasteiger partial charge is 0.352 e. The lowest BCUT2D eigenvalue weighted by atomic mass is 10.1. The second-order valence-electron chi connectivity index (χ2n) is 7.96. The van der Waals surface area contributed by atoms with Crippen molar-refractivity contribution in [3.63, 3.8) is 0 Å². The Bertz CT molecular complexity index is 1020. The molecule has 2 atom stereocenters. The van der Waals surface area contributed by atoms with Gasteiger partial charge in [0, 0.05) is 49.2 Å². The van der Waals surface area contributed by atoms with E-state index < -0.39 is 0 Å². The molecule has 1 aromatic heterocycles. The monoisotopic (exact) mass is 434 g/mol. The van der Waals surface area contributed by atoms with E-state index in [2.05, 4.69) is 20.2 Å². The first-order valence-electron chi connectivity index (χ1n) is 10.7. The Balaban J connectivity index is 1.43. The molecule has 32 heavy (non-hydrogen) atoms. The number of benzene rings is 1. The number of nitriles is 1. The number of anilines is 3. The SMILES string of the molecule is CCN(N)C(=O)c1ccc(Nc2nccc(N3CC4CCC(C3)N4C(=O)CC#N)n2)cc1. The third-order valence-electron chi connectivity index (χ3n) is 5.95. The number of hydrazine groups is 1. The van der Waals surface area contributed by atoms with Gasteiger partial charge in [-0.3, -0.25) is 14.6 Å². The van der Waals surface area contributed by atoms with Gasteiger partial charge in [-0.1, -0.05) is 0 Å². The van der Waals surface area contributed by atoms with Crippen molar-refractivity contribution in [2.24, 2.45) is 5.84 Å². The molecular formula is C22H26N8O2. The van der Waals surface area contributed by atoms with E-state index in [1.807, 2.05) is 24.0 Å². The van der Waals surface area contributed by atoms with Crippen LogP contribution in [0.2, 0.25) is 0 Å². The van der Waals surface area contributed by atoms with E-state index in [0.29, 0.717) is 31.1 Å². The van der Waals surface area contributed by atoms with Crippen molar-refractivity contribution in [3.8, 4) is 6.07 Å². The molecule has 2 fully saturated rings. The maximum Gasteiger partial charge on any atom is 0.267 e. The summed E-state index contributed by atoms with van der Waals surface area (Å²) in [6.45, 7) is 3.62. The van der Waals surface area contributed by atoms with Gasteiger partial charge in [0.05, 0.1) is 6.07 Å². The van der Waals surface area contributed by atoms with Crippen LogP contribution in [-0.4, -0.2) is 63.4 Å². The van der Waals surface area contributed by atoms with E-state index in [-0.39, 0.29) is 30.3 Å². The summed E-state index contributed by atoms with van der Waals surface area (Å²) < 4.78 is 0. The number of amides is 2. The van der Waals surface area contributed by atoms with Gasteiger partial charge in [0.25, 0.3) is 5.91 Å². The minimum absolute atomic E-state index is 0.0687. The minimum atomic E-state index is -0.237. The van der Waals surface area contributed by atoms with Gasteiger partial charge in [-0.05, 0) is 50.1 Å². The van der Waals surface area contributed by atoms with Gasteiger partial charge < -0.3 is 15.1 Å². The van der Waals surface area contributed by atoms with Gasteiger partial charge in [0.1, 0.15) is 12.2 Å². The second-order valence-corrected chi connectivity index (χ2v) is 7.96. The first-order valence-corrected chi connectivity index (χ1v) is 10.7. The fourth-order valence-electron chi connectivity index (χ4n) is 4.38. The van der Waals surface area contributed by atoms with Crippen LogP contribution < -0.4 is 16.1 Å². The molecule has 2 amide bonds. The van der Waals surface area contributed by atoms with Crippen molar-refractivity contribution in [2.45, 2.75) is 38.3 Å². The predicted octanol–water partition coefficient (Wildman–Crippen LogP) is 1.65. The lowest BCUT2D eigenvalue weighted by molar-refractivity contribution is -0.133. The molecule has 2 aliphatic heterocycles. The number of rotatable bonds is 6. The van der Waals surface area contributed by atoms with Crippen LogP contribution >= 0.6 is 0 Å². The highest BCUT2D eigenvalue weighted by atomic mass is 16.2. The average Bonchev–Trinajstić information content (AvgIpc) is 3.08. The van der Waals surface area contributed by atoms with Gasteiger partial charge >= 0.3 is 0 Å². The molecule has 0 saturated carbocycles. The van der Waals surface area contributed by atoms with Crippen LogP contribution in [-0.2, 0) is 4.79 Å². The molecule has 3 heterocycles. The van der Waals surface area contributed by atoms with E-state index >= 15 is 0 Å². The van der Waals surface area contributed by atoms with Gasteiger partial charge in [-0.15, -0.1) is 0 Å². The summed E-state index contributed by atoms with van der Waals surface area (Å²) in [6.07, 6.45) is 3.52. The third-order valence-corrected chi connectivity index (χ3v) is 5.95. The van der Waals surface area contributed by atoms with Crippen LogP contribution in [0.4, 0.5) is 17.5 Å². The molecule has 2 aliphatic rings. The number of carbonyl (C=O) groups is 2. The van der Waals surface area contributed by atoms with Crippen molar-refractivity contribution in [3.05, 3.63) is 42.1 Å². The fraction of sp³-hybridized carbons (Fsp3) is 0.409. The van der Waals surface area contributed by atoms with Crippen molar-refractivity contribution in [1.29, 1.82) is 5.26 Å². The summed E-state index contributed by atoms with van der Waals surface area (Å²) in [5, 5.41) is 13.2. The second kappa shape index (κ2) is 9.20. The smallest absolute Gasteiger partial charge is 0.267 e. The predicted molar refractivity (Wildman–Crippen MR) is 119 cm³/mol. The third kappa shape index (κ3) is 4.33. The number of fused-ring (bicyclic) bond motifs is 2. The van der Waals surface area contributed by atoms with Crippen LogP contribution in [0.5, 0.6) is 0 Å². The molecule has 10 heteroatoms. The van der Waals surface area contributed by atoms with Gasteiger partial charge in [0.15, 0.2) is 0 Å². The summed E-state index contributed by atoms with van der Waals surface area (Å²) in [6, 6.07) is 11.0. The maximum atomic E-state index is 12.3. The van der Waals surface area contributed by atoms with Gasteiger partial charge in [-0.25, -0.2) is 10.8 Å². The lowest BCUT2D eigenvalue weighted by Gasteiger charge is -2.41. The Morgan fingerprint density at radius 1 is 1.22 bits per heavy atom. The number of hydrogen-bond acceptors (Lipinski definition) is 8. The number of hydrogen-bond donors (Lipinski definition) is 2. The Hall–Kier alpha value is -3.71. The summed E-state index contributed by atoms with van der Waals surface area (Å²) in [4.78, 5) is 37.5. The van der Waals surface area contributed by atoms with E-state index in [1.54, 1.807) is 30.5 Å². The van der Waals surface area contributed by atoms with Crippen LogP contribution in [0.1, 0.15) is 36.5 Å². The molecule has 0 spiro atoms. The number of nitrogens with one attached hydrogen (secondary N) is 1. The molecule has 0 aliphatic carbocycles. The fourth-order valence-corrected chi connectivity index (χ4v) is 4.38. The lowest BCUT2D eigenvalue weighted by Crippen LogP contribution is -2.56. The van der Waals surface area contributed by atoms with Crippen LogP contribution in [0.15, 0.2) is 36.5 Å². The number of carbonyl (C=O) groups excluding carboxylic acids is 2. The van der Waals surface area contributed by atoms with Crippen LogP contribution in [0, 0.1) is 11.3 Å². The molecule has 2 aromatic rings. The standard InChI is InChI=1S/C22H26N8O2/c1-2-29(24)21(32)15-3-5-16(6-4-15)26-22-25-12-10-19(27-22)28-13-17-7-8-18(14-28)30(17)20(31)9-11-23/h3-6,10,12,17-18H,2,7-9,13-14,24H2,1H3,(H,25,26,27). The molecule has 2 saturated heterocycles. The summed E-state index contributed by atoms with van der Waals surface area (Å²) in [5.41, 5.74) is 1.26. The van der Waals surface area contributed by atoms with Crippen LogP contribution in [0.3, 0.4) is 0 Å². The zero-order valence-electron chi connectivity index (χ0n) is 17.9. The average molecular weight is 435 g/mol. The van der Waals surface area contributed by atoms with Crippen molar-refractivity contribution >= 4 is 29.3 Å². The minimum Gasteiger partial charge on any atom is -0.352 e. The normalized spacial score (nSPS) is 19.4. The number of nitrogens with zero attached hydrogens (tertiary/aromatic N) is 6. The molecule has 166 valence electrons. The quantitative estimate of drug-likeness (QED) is 0.399. The molecule has 2 bridgehead atoms. The Labute approximate surface area is 186 Å². The highest BCUT2D eigenvalue weighted by Crippen LogP contribution is 2.32. The molecule has 2 unspecified atom stereocenters. The zero-order valence-corrected chi connectivity index (χ0v) is 17.9. The molecular weight excluding hydrogens is 408 g/mol. The highest BCUT2D eigenvalue weighted by Gasteiger charge is 2.42. The zero-order chi connectivity index (χ0) is 22.7. The molecule has 3 N–H and O–H groups in total. The van der Waals surface area contributed by atoms with Gasteiger partial charge in [0.2, 0.25) is 11.9 Å². The highest BCUT2D eigenvalue weighted by molar-refractivity contribution is 5.94. The van der Waals surface area contributed by atoms with Gasteiger partial charge in [-0.2, -0.15) is 10.2 Å². The molecule has 1 aromatic carbocycles.